The number of halogens is 1. The van der Waals surface area contributed by atoms with Gasteiger partial charge in [0.25, 0.3) is 0 Å². The van der Waals surface area contributed by atoms with Gasteiger partial charge in [0, 0.05) is 16.6 Å². The van der Waals surface area contributed by atoms with Crippen molar-refractivity contribution in [3.05, 3.63) is 58.6 Å². The predicted octanol–water partition coefficient (Wildman–Crippen LogP) is 4.53. The molecule has 1 heterocycles. The van der Waals surface area contributed by atoms with Crippen LogP contribution in [0.1, 0.15) is 31.2 Å². The molecule has 3 N–H and O–H groups in total. The van der Waals surface area contributed by atoms with E-state index in [0.717, 1.165) is 48.2 Å². The number of fused-ring (bicyclic) bond motifs is 1. The van der Waals surface area contributed by atoms with Crippen molar-refractivity contribution in [2.75, 3.05) is 5.32 Å². The first-order chi connectivity index (χ1) is 12.2. The normalized spacial score (nSPS) is 20.7. The Kier molecular flexibility index (Phi) is 4.77. The molecule has 0 spiro atoms. The van der Waals surface area contributed by atoms with E-state index in [-0.39, 0.29) is 0 Å². The first-order valence-corrected chi connectivity index (χ1v) is 9.70. The van der Waals surface area contributed by atoms with Crippen molar-refractivity contribution in [1.82, 2.24) is 9.55 Å². The van der Waals surface area contributed by atoms with Gasteiger partial charge in [-0.05, 0) is 55.5 Å². The van der Waals surface area contributed by atoms with E-state index in [0.29, 0.717) is 12.1 Å². The number of anilines is 1. The van der Waals surface area contributed by atoms with Crippen molar-refractivity contribution >= 4 is 32.9 Å². The van der Waals surface area contributed by atoms with Crippen LogP contribution in [0.4, 0.5) is 5.95 Å². The van der Waals surface area contributed by atoms with Gasteiger partial charge in [0.15, 0.2) is 0 Å². The number of nitrogens with two attached hydrogens (primary N) is 1. The molecule has 130 valence electrons. The smallest absolute Gasteiger partial charge is 0.204 e. The molecular weight excluding hydrogens is 376 g/mol. The molecule has 0 bridgehead atoms. The van der Waals surface area contributed by atoms with E-state index < -0.39 is 0 Å². The second-order valence-electron chi connectivity index (χ2n) is 6.89. The highest BCUT2D eigenvalue weighted by atomic mass is 79.9. The number of imidazole rings is 1. The highest BCUT2D eigenvalue weighted by molar-refractivity contribution is 9.10. The molecule has 4 nitrogen and oxygen atoms in total. The van der Waals surface area contributed by atoms with Gasteiger partial charge in [0.2, 0.25) is 5.95 Å². The van der Waals surface area contributed by atoms with E-state index in [2.05, 4.69) is 68.3 Å². The van der Waals surface area contributed by atoms with Crippen LogP contribution in [0.3, 0.4) is 0 Å². The Morgan fingerprint density at radius 1 is 1.04 bits per heavy atom. The first kappa shape index (κ1) is 16.6. The number of nitrogens with one attached hydrogen (secondary N) is 1. The summed E-state index contributed by atoms with van der Waals surface area (Å²) in [4.78, 5) is 4.85. The van der Waals surface area contributed by atoms with Crippen LogP contribution in [0.5, 0.6) is 0 Å². The number of benzene rings is 2. The molecule has 5 heteroatoms. The zero-order chi connectivity index (χ0) is 17.2. The lowest BCUT2D eigenvalue weighted by Gasteiger charge is -2.27. The second-order valence-corrected chi connectivity index (χ2v) is 7.81. The molecule has 2 aromatic carbocycles. The van der Waals surface area contributed by atoms with E-state index in [1.54, 1.807) is 0 Å². The van der Waals surface area contributed by atoms with Crippen LogP contribution in [0.25, 0.3) is 11.0 Å². The summed E-state index contributed by atoms with van der Waals surface area (Å²) in [5, 5.41) is 3.68. The number of rotatable bonds is 4. The Morgan fingerprint density at radius 3 is 2.52 bits per heavy atom. The zero-order valence-electron chi connectivity index (χ0n) is 14.2. The lowest BCUT2D eigenvalue weighted by atomic mass is 9.92. The molecule has 0 aliphatic heterocycles. The maximum absolute atomic E-state index is 6.04. The van der Waals surface area contributed by atoms with Gasteiger partial charge in [-0.2, -0.15) is 0 Å². The van der Waals surface area contributed by atoms with Crippen molar-refractivity contribution < 1.29 is 0 Å². The molecule has 3 aromatic rings. The quantitative estimate of drug-likeness (QED) is 0.678. The maximum atomic E-state index is 6.04. The van der Waals surface area contributed by atoms with E-state index in [4.69, 9.17) is 10.7 Å². The van der Waals surface area contributed by atoms with Gasteiger partial charge in [-0.3, -0.25) is 0 Å². The Balaban J connectivity index is 1.64. The standard InChI is InChI=1S/C20H23BrN4/c21-15-7-5-14(6-8-15)13-25-19-4-2-1-3-18(19)24-20(25)23-17-11-9-16(22)10-12-17/h1-8,16-17H,9-13,22H2,(H,23,24). The van der Waals surface area contributed by atoms with Crippen LogP contribution in [0.15, 0.2) is 53.0 Å². The summed E-state index contributed by atoms with van der Waals surface area (Å²) in [6.07, 6.45) is 4.40. The summed E-state index contributed by atoms with van der Waals surface area (Å²) in [5.41, 5.74) is 9.51. The fourth-order valence-electron chi connectivity index (χ4n) is 3.56. The summed E-state index contributed by atoms with van der Waals surface area (Å²) >= 11 is 3.51. The summed E-state index contributed by atoms with van der Waals surface area (Å²) in [6.45, 7) is 0.808. The topological polar surface area (TPSA) is 55.9 Å². The van der Waals surface area contributed by atoms with Crippen LogP contribution in [0, 0.1) is 0 Å². The van der Waals surface area contributed by atoms with Gasteiger partial charge in [-0.25, -0.2) is 4.98 Å². The molecule has 0 amide bonds. The second kappa shape index (κ2) is 7.18. The van der Waals surface area contributed by atoms with E-state index in [9.17, 15) is 0 Å². The molecular formula is C20H23BrN4. The summed E-state index contributed by atoms with van der Waals surface area (Å²) in [5.74, 6) is 0.963. The van der Waals surface area contributed by atoms with Crippen molar-refractivity contribution in [3.8, 4) is 0 Å². The maximum Gasteiger partial charge on any atom is 0.204 e. The van der Waals surface area contributed by atoms with Gasteiger partial charge in [-0.15, -0.1) is 0 Å². The third-order valence-electron chi connectivity index (χ3n) is 5.01. The third kappa shape index (κ3) is 3.72. The molecule has 25 heavy (non-hydrogen) atoms. The van der Waals surface area contributed by atoms with Crippen molar-refractivity contribution in [2.45, 2.75) is 44.3 Å². The van der Waals surface area contributed by atoms with Gasteiger partial charge >= 0.3 is 0 Å². The Bertz CT molecular complexity index is 848. The molecule has 0 saturated heterocycles. The van der Waals surface area contributed by atoms with Crippen molar-refractivity contribution in [2.24, 2.45) is 5.73 Å². The number of hydrogen-bond donors (Lipinski definition) is 2. The average molecular weight is 399 g/mol. The number of para-hydroxylation sites is 2. The van der Waals surface area contributed by atoms with Crippen molar-refractivity contribution in [1.29, 1.82) is 0 Å². The van der Waals surface area contributed by atoms with E-state index in [1.165, 1.54) is 11.1 Å². The van der Waals surface area contributed by atoms with Crippen LogP contribution in [-0.2, 0) is 6.54 Å². The predicted molar refractivity (Wildman–Crippen MR) is 107 cm³/mol. The molecule has 0 radical (unpaired) electrons. The van der Waals surface area contributed by atoms with Gasteiger partial charge in [0.05, 0.1) is 17.6 Å². The lowest BCUT2D eigenvalue weighted by molar-refractivity contribution is 0.409. The molecule has 1 aliphatic rings. The minimum absolute atomic E-state index is 0.361. The summed E-state index contributed by atoms with van der Waals surface area (Å²) in [6, 6.07) is 17.6. The monoisotopic (exact) mass is 398 g/mol. The summed E-state index contributed by atoms with van der Waals surface area (Å²) < 4.78 is 3.39. The largest absolute Gasteiger partial charge is 0.353 e. The highest BCUT2D eigenvalue weighted by Gasteiger charge is 2.20. The minimum Gasteiger partial charge on any atom is -0.353 e. The first-order valence-electron chi connectivity index (χ1n) is 8.91. The van der Waals surface area contributed by atoms with Crippen LogP contribution in [0.2, 0.25) is 0 Å². The minimum atomic E-state index is 0.361. The molecule has 4 rings (SSSR count). The van der Waals surface area contributed by atoms with E-state index in [1.807, 2.05) is 6.07 Å². The number of aromatic nitrogens is 2. The molecule has 0 unspecified atom stereocenters. The Morgan fingerprint density at radius 2 is 1.76 bits per heavy atom. The van der Waals surface area contributed by atoms with E-state index >= 15 is 0 Å². The lowest BCUT2D eigenvalue weighted by Crippen LogP contribution is -2.33. The Hall–Kier alpha value is -1.85. The van der Waals surface area contributed by atoms with Gasteiger partial charge in [-0.1, -0.05) is 40.2 Å². The van der Waals surface area contributed by atoms with Crippen molar-refractivity contribution in [3.63, 3.8) is 0 Å². The fraction of sp³-hybridized carbons (Fsp3) is 0.350. The molecule has 1 fully saturated rings. The van der Waals surface area contributed by atoms with Crippen LogP contribution in [-0.4, -0.2) is 21.6 Å². The van der Waals surface area contributed by atoms with Gasteiger partial charge < -0.3 is 15.6 Å². The fourth-order valence-corrected chi connectivity index (χ4v) is 3.83. The third-order valence-corrected chi connectivity index (χ3v) is 5.54. The molecule has 1 saturated carbocycles. The average Bonchev–Trinajstić information content (AvgIpc) is 2.96. The van der Waals surface area contributed by atoms with Crippen LogP contribution < -0.4 is 11.1 Å². The SMILES string of the molecule is NC1CCC(Nc2nc3ccccc3n2Cc2ccc(Br)cc2)CC1. The molecule has 0 atom stereocenters. The number of nitrogens with zero attached hydrogens (tertiary/aromatic N) is 2. The molecule has 1 aliphatic carbocycles. The zero-order valence-corrected chi connectivity index (χ0v) is 15.7. The van der Waals surface area contributed by atoms with Crippen LogP contribution >= 0.6 is 15.9 Å². The molecule has 1 aromatic heterocycles. The Labute approximate surface area is 156 Å². The van der Waals surface area contributed by atoms with Gasteiger partial charge in [0.1, 0.15) is 0 Å². The highest BCUT2D eigenvalue weighted by Crippen LogP contribution is 2.25. The number of hydrogen-bond acceptors (Lipinski definition) is 3. The summed E-state index contributed by atoms with van der Waals surface area (Å²) in [7, 11) is 0.